The fraction of sp³-hybridized carbons (Fsp3) is 0. The first kappa shape index (κ1) is 7.54. The van der Waals surface area contributed by atoms with Gasteiger partial charge in [-0.15, -0.1) is 0 Å². The highest BCUT2D eigenvalue weighted by Gasteiger charge is 1.86. The monoisotopic (exact) mass is 149 g/mol. The number of carbonyl (C=O) groups is 1. The van der Waals surface area contributed by atoms with Crippen LogP contribution in [0.5, 0.6) is 0 Å². The van der Waals surface area contributed by atoms with E-state index in [-0.39, 0.29) is 7.12 Å². The molecule has 0 saturated heterocycles. The van der Waals surface area contributed by atoms with E-state index in [9.17, 15) is 4.79 Å². The van der Waals surface area contributed by atoms with Gasteiger partial charge in [-0.1, -0.05) is 30.3 Å². The Hall–Kier alpha value is -1.57. The molecule has 1 rings (SSSR count). The number of carbonyl (C=O) groups excluding carboxylic acids is 1. The van der Waals surface area contributed by atoms with Crippen molar-refractivity contribution in [3.63, 3.8) is 0 Å². The number of nitrogens with two attached hydrogens (primary N) is 1. The highest BCUT2D eigenvalue weighted by molar-refractivity contribution is 5.80. The molecule has 0 aliphatic heterocycles. The van der Waals surface area contributed by atoms with E-state index in [1.54, 1.807) is 6.08 Å². The minimum Gasteiger partial charge on any atom is -0.396 e. The third-order valence-electron chi connectivity index (χ3n) is 1.27. The fourth-order valence-corrected chi connectivity index (χ4v) is 0.776. The Morgan fingerprint density at radius 2 is 2.00 bits per heavy atom. The van der Waals surface area contributed by atoms with E-state index < -0.39 is 0 Å². The molecule has 0 atom stereocenters. The number of hydrogen-bond donors (Lipinski definition) is 1. The van der Waals surface area contributed by atoms with Crippen molar-refractivity contribution < 1.29 is 6.22 Å². The molecular weight excluding hydrogens is 138 g/mol. The topological polar surface area (TPSA) is 43.1 Å². The molecule has 11 heavy (non-hydrogen) atoms. The molecule has 0 aliphatic carbocycles. The Bertz CT molecular complexity index is 269. The van der Waals surface area contributed by atoms with E-state index in [2.05, 4.69) is 0 Å². The second-order valence-electron chi connectivity index (χ2n) is 2.17. The van der Waals surface area contributed by atoms with Crippen LogP contribution < -0.4 is 5.73 Å². The Balaban J connectivity index is 0.00000121. The molecule has 0 unspecified atom stereocenters. The summed E-state index contributed by atoms with van der Waals surface area (Å²) in [7, 11) is 0. The van der Waals surface area contributed by atoms with Crippen molar-refractivity contribution in [1.82, 2.24) is 0 Å². The van der Waals surface area contributed by atoms with Gasteiger partial charge in [-0.2, -0.15) is 0 Å². The lowest BCUT2D eigenvalue weighted by atomic mass is 10.2. The summed E-state index contributed by atoms with van der Waals surface area (Å²) in [5, 5.41) is 0. The SMILES string of the molecule is N/C(C=O)=C/c1ccccc1.[HH]. The summed E-state index contributed by atoms with van der Waals surface area (Å²) in [6.07, 6.45) is 2.26. The second kappa shape index (κ2) is 3.56. The standard InChI is InChI=1S/C9H9NO.H2/c10-9(7-11)6-8-4-2-1-3-5-8;/h1-7H,10H2;1H/b9-6+;. The molecular formula is C9H11NO. The van der Waals surface area contributed by atoms with Gasteiger partial charge in [0.25, 0.3) is 0 Å². The van der Waals surface area contributed by atoms with Gasteiger partial charge < -0.3 is 5.73 Å². The summed E-state index contributed by atoms with van der Waals surface area (Å²) < 4.78 is 0. The third kappa shape index (κ3) is 2.26. The van der Waals surface area contributed by atoms with Gasteiger partial charge in [-0.05, 0) is 11.6 Å². The summed E-state index contributed by atoms with van der Waals surface area (Å²) in [6.45, 7) is 0. The van der Waals surface area contributed by atoms with Crippen molar-refractivity contribution in [3.05, 3.63) is 41.6 Å². The van der Waals surface area contributed by atoms with Crippen LogP contribution in [0, 0.1) is 0 Å². The zero-order valence-corrected chi connectivity index (χ0v) is 6.03. The number of allylic oxidation sites excluding steroid dienone is 1. The highest BCUT2D eigenvalue weighted by atomic mass is 16.1. The lowest BCUT2D eigenvalue weighted by Gasteiger charge is -1.91. The van der Waals surface area contributed by atoms with Gasteiger partial charge in [0.2, 0.25) is 0 Å². The molecule has 0 spiro atoms. The molecule has 0 fully saturated rings. The number of hydrogen-bond acceptors (Lipinski definition) is 2. The van der Waals surface area contributed by atoms with Crippen LogP contribution in [-0.4, -0.2) is 6.29 Å². The van der Waals surface area contributed by atoms with Gasteiger partial charge >= 0.3 is 0 Å². The minimum absolute atomic E-state index is 0. The van der Waals surface area contributed by atoms with E-state index in [4.69, 9.17) is 5.73 Å². The molecule has 0 heterocycles. The third-order valence-corrected chi connectivity index (χ3v) is 1.27. The minimum atomic E-state index is 0. The van der Waals surface area contributed by atoms with Gasteiger partial charge in [0.1, 0.15) is 0 Å². The van der Waals surface area contributed by atoms with E-state index in [1.807, 2.05) is 30.3 Å². The van der Waals surface area contributed by atoms with Crippen LogP contribution in [-0.2, 0) is 4.79 Å². The molecule has 2 N–H and O–H groups in total. The predicted molar refractivity (Wildman–Crippen MR) is 46.8 cm³/mol. The number of rotatable bonds is 2. The maximum atomic E-state index is 10.1. The summed E-state index contributed by atoms with van der Waals surface area (Å²) in [6, 6.07) is 9.47. The number of aldehydes is 1. The molecule has 58 valence electrons. The average molecular weight is 149 g/mol. The van der Waals surface area contributed by atoms with Crippen molar-refractivity contribution in [2.75, 3.05) is 0 Å². The largest absolute Gasteiger partial charge is 0.396 e. The van der Waals surface area contributed by atoms with Gasteiger partial charge in [0, 0.05) is 1.43 Å². The van der Waals surface area contributed by atoms with Crippen LogP contribution in [0.1, 0.15) is 6.99 Å². The maximum Gasteiger partial charge on any atom is 0.165 e. The summed E-state index contributed by atoms with van der Waals surface area (Å²) in [5.74, 6) is 0. The van der Waals surface area contributed by atoms with E-state index in [0.717, 1.165) is 5.56 Å². The Morgan fingerprint density at radius 3 is 2.55 bits per heavy atom. The van der Waals surface area contributed by atoms with Crippen molar-refractivity contribution in [1.29, 1.82) is 0 Å². The molecule has 0 bridgehead atoms. The molecule has 0 aromatic heterocycles. The maximum absolute atomic E-state index is 10.1. The van der Waals surface area contributed by atoms with Crippen molar-refractivity contribution in [3.8, 4) is 0 Å². The Morgan fingerprint density at radius 1 is 1.36 bits per heavy atom. The molecule has 0 radical (unpaired) electrons. The van der Waals surface area contributed by atoms with Crippen LogP contribution in [0.15, 0.2) is 36.0 Å². The zero-order chi connectivity index (χ0) is 8.10. The van der Waals surface area contributed by atoms with Crippen LogP contribution in [0.3, 0.4) is 0 Å². The first-order valence-electron chi connectivity index (χ1n) is 3.30. The molecule has 1 aromatic carbocycles. The van der Waals surface area contributed by atoms with Crippen molar-refractivity contribution in [2.24, 2.45) is 5.73 Å². The molecule has 1 aromatic rings. The van der Waals surface area contributed by atoms with Crippen molar-refractivity contribution >= 4 is 12.4 Å². The van der Waals surface area contributed by atoms with Gasteiger partial charge in [0.05, 0.1) is 5.70 Å². The van der Waals surface area contributed by atoms with E-state index in [1.165, 1.54) is 0 Å². The molecule has 0 saturated carbocycles. The zero-order valence-electron chi connectivity index (χ0n) is 6.03. The summed E-state index contributed by atoms with van der Waals surface area (Å²) >= 11 is 0. The molecule has 0 aliphatic rings. The van der Waals surface area contributed by atoms with Crippen LogP contribution in [0.25, 0.3) is 6.08 Å². The first-order valence-corrected chi connectivity index (χ1v) is 3.30. The van der Waals surface area contributed by atoms with E-state index >= 15 is 0 Å². The summed E-state index contributed by atoms with van der Waals surface area (Å²) in [4.78, 5) is 10.1. The summed E-state index contributed by atoms with van der Waals surface area (Å²) in [5.41, 5.74) is 6.49. The van der Waals surface area contributed by atoms with Crippen LogP contribution in [0.2, 0.25) is 0 Å². The predicted octanol–water partition coefficient (Wildman–Crippen LogP) is 1.43. The second-order valence-corrected chi connectivity index (χ2v) is 2.17. The highest BCUT2D eigenvalue weighted by Crippen LogP contribution is 2.01. The molecule has 0 amide bonds. The lowest BCUT2D eigenvalue weighted by Crippen LogP contribution is -1.96. The molecule has 2 nitrogen and oxygen atoms in total. The Kier molecular flexibility index (Phi) is 2.44. The molecule has 2 heteroatoms. The first-order chi connectivity index (χ1) is 5.33. The fourth-order valence-electron chi connectivity index (χ4n) is 0.776. The van der Waals surface area contributed by atoms with Crippen LogP contribution >= 0.6 is 0 Å². The van der Waals surface area contributed by atoms with Crippen LogP contribution in [0.4, 0.5) is 0 Å². The van der Waals surface area contributed by atoms with Gasteiger partial charge in [0.15, 0.2) is 6.29 Å². The Labute approximate surface area is 66.8 Å². The quantitative estimate of drug-likeness (QED) is 0.510. The number of benzene rings is 1. The van der Waals surface area contributed by atoms with Gasteiger partial charge in [-0.3, -0.25) is 4.79 Å². The lowest BCUT2D eigenvalue weighted by molar-refractivity contribution is -0.104. The normalized spacial score (nSPS) is 11.1. The van der Waals surface area contributed by atoms with E-state index in [0.29, 0.717) is 6.29 Å². The van der Waals surface area contributed by atoms with Gasteiger partial charge in [-0.25, -0.2) is 0 Å². The smallest absolute Gasteiger partial charge is 0.165 e. The van der Waals surface area contributed by atoms with Crippen molar-refractivity contribution in [2.45, 2.75) is 0 Å². The average Bonchev–Trinajstić information content (AvgIpc) is 2.06.